The molecule has 0 aliphatic carbocycles. The summed E-state index contributed by atoms with van der Waals surface area (Å²) in [4.78, 5) is 15.1. The van der Waals surface area contributed by atoms with Gasteiger partial charge in [-0.25, -0.2) is 4.98 Å². The van der Waals surface area contributed by atoms with Crippen molar-refractivity contribution in [2.75, 3.05) is 19.0 Å². The molecule has 1 unspecified atom stereocenters. The second kappa shape index (κ2) is 5.96. The molecule has 2 rings (SSSR count). The average Bonchev–Trinajstić information content (AvgIpc) is 2.81. The van der Waals surface area contributed by atoms with Crippen LogP contribution in [-0.4, -0.2) is 39.6 Å². The van der Waals surface area contributed by atoms with E-state index in [4.69, 9.17) is 9.84 Å². The van der Waals surface area contributed by atoms with Crippen molar-refractivity contribution < 1.29 is 14.6 Å². The lowest BCUT2D eigenvalue weighted by atomic mass is 9.94. The predicted molar refractivity (Wildman–Crippen MR) is 73.7 cm³/mol. The highest BCUT2D eigenvalue weighted by Crippen LogP contribution is 2.33. The molecule has 5 nitrogen and oxygen atoms in total. The van der Waals surface area contributed by atoms with E-state index in [2.05, 4.69) is 23.4 Å². The van der Waals surface area contributed by atoms with Gasteiger partial charge in [0.1, 0.15) is 0 Å². The zero-order valence-corrected chi connectivity index (χ0v) is 12.2. The third-order valence-electron chi connectivity index (χ3n) is 3.45. The Morgan fingerprint density at radius 3 is 3.05 bits per heavy atom. The second-order valence-electron chi connectivity index (χ2n) is 5.06. The van der Waals surface area contributed by atoms with Gasteiger partial charge >= 0.3 is 5.97 Å². The molecule has 1 aliphatic heterocycles. The molecule has 1 aromatic heterocycles. The second-order valence-corrected chi connectivity index (χ2v) is 6.00. The first kappa shape index (κ1) is 14.4. The quantitative estimate of drug-likeness (QED) is 0.839. The standard InChI is InChI=1S/C13H20N2O3S/c1-3-10-7-14-12(19-8-11(16)17)15(10)13(2)5-4-6-18-9-13/h7H,3-6,8-9H2,1-2H3,(H,16,17). The number of aliphatic carboxylic acids is 1. The Balaban J connectivity index is 2.29. The van der Waals surface area contributed by atoms with Gasteiger partial charge in [0.05, 0.1) is 17.9 Å². The van der Waals surface area contributed by atoms with Crippen LogP contribution in [0.3, 0.4) is 0 Å². The molecule has 0 amide bonds. The summed E-state index contributed by atoms with van der Waals surface area (Å²) in [6.45, 7) is 5.73. The number of nitrogens with zero attached hydrogens (tertiary/aromatic N) is 2. The van der Waals surface area contributed by atoms with Gasteiger partial charge in [-0.2, -0.15) is 0 Å². The van der Waals surface area contributed by atoms with Gasteiger partial charge in [-0.3, -0.25) is 4.79 Å². The molecule has 1 atom stereocenters. The van der Waals surface area contributed by atoms with Crippen molar-refractivity contribution in [3.8, 4) is 0 Å². The number of carbonyl (C=O) groups is 1. The minimum atomic E-state index is -0.817. The van der Waals surface area contributed by atoms with E-state index in [1.807, 2.05) is 6.20 Å². The Kier molecular flexibility index (Phi) is 4.52. The summed E-state index contributed by atoms with van der Waals surface area (Å²) in [6, 6.07) is 0. The van der Waals surface area contributed by atoms with Gasteiger partial charge in [-0.05, 0) is 26.2 Å². The molecule has 1 fully saturated rings. The van der Waals surface area contributed by atoms with Crippen LogP contribution in [0.5, 0.6) is 0 Å². The first-order valence-corrected chi connectivity index (χ1v) is 7.55. The minimum absolute atomic E-state index is 0.0388. The molecule has 0 spiro atoms. The predicted octanol–water partition coefficient (Wildman–Crippen LogP) is 2.15. The van der Waals surface area contributed by atoms with Gasteiger partial charge in [-0.1, -0.05) is 18.7 Å². The highest BCUT2D eigenvalue weighted by atomic mass is 32.2. The highest BCUT2D eigenvalue weighted by molar-refractivity contribution is 7.99. The number of hydrogen-bond acceptors (Lipinski definition) is 4. The van der Waals surface area contributed by atoms with Crippen molar-refractivity contribution in [1.82, 2.24) is 9.55 Å². The van der Waals surface area contributed by atoms with E-state index in [0.717, 1.165) is 36.7 Å². The number of aromatic nitrogens is 2. The van der Waals surface area contributed by atoms with E-state index in [0.29, 0.717) is 6.61 Å². The number of ether oxygens (including phenoxy) is 1. The normalized spacial score (nSPS) is 23.5. The third kappa shape index (κ3) is 3.12. The molecule has 0 aromatic carbocycles. The Hall–Kier alpha value is -1.01. The molecular formula is C13H20N2O3S. The van der Waals surface area contributed by atoms with Crippen LogP contribution in [0.4, 0.5) is 0 Å². The maximum atomic E-state index is 10.7. The fraction of sp³-hybridized carbons (Fsp3) is 0.692. The first-order chi connectivity index (χ1) is 9.07. The molecular weight excluding hydrogens is 264 g/mol. The first-order valence-electron chi connectivity index (χ1n) is 6.56. The number of aryl methyl sites for hydroxylation is 1. The van der Waals surface area contributed by atoms with E-state index < -0.39 is 5.97 Å². The molecule has 6 heteroatoms. The SMILES string of the molecule is CCc1cnc(SCC(=O)O)n1C1(C)CCCOC1. The van der Waals surface area contributed by atoms with Crippen LogP contribution < -0.4 is 0 Å². The molecule has 1 saturated heterocycles. The molecule has 106 valence electrons. The number of carboxylic acid groups (broad SMARTS) is 1. The summed E-state index contributed by atoms with van der Waals surface area (Å²) in [5.41, 5.74) is 1.03. The number of hydrogen-bond donors (Lipinski definition) is 1. The van der Waals surface area contributed by atoms with E-state index in [1.165, 1.54) is 11.8 Å². The summed E-state index contributed by atoms with van der Waals surface area (Å²) >= 11 is 1.28. The van der Waals surface area contributed by atoms with Crippen LogP contribution >= 0.6 is 11.8 Å². The zero-order chi connectivity index (χ0) is 13.9. The van der Waals surface area contributed by atoms with Crippen molar-refractivity contribution in [3.05, 3.63) is 11.9 Å². The van der Waals surface area contributed by atoms with Crippen LogP contribution in [0.25, 0.3) is 0 Å². The number of carboxylic acids is 1. The van der Waals surface area contributed by atoms with Crippen LogP contribution in [-0.2, 0) is 21.5 Å². The van der Waals surface area contributed by atoms with Crippen molar-refractivity contribution in [2.45, 2.75) is 43.8 Å². The summed E-state index contributed by atoms with van der Waals surface area (Å²) in [6.07, 6.45) is 4.80. The molecule has 1 aromatic rings. The van der Waals surface area contributed by atoms with Gasteiger partial charge < -0.3 is 14.4 Å². The van der Waals surface area contributed by atoms with Crippen LogP contribution in [0.15, 0.2) is 11.4 Å². The van der Waals surface area contributed by atoms with Crippen LogP contribution in [0.2, 0.25) is 0 Å². The molecule has 1 aliphatic rings. The lowest BCUT2D eigenvalue weighted by Crippen LogP contribution is -2.40. The lowest BCUT2D eigenvalue weighted by molar-refractivity contribution is -0.133. The van der Waals surface area contributed by atoms with Crippen molar-refractivity contribution in [1.29, 1.82) is 0 Å². The monoisotopic (exact) mass is 284 g/mol. The summed E-state index contributed by atoms with van der Waals surface area (Å²) < 4.78 is 7.80. The molecule has 0 bridgehead atoms. The van der Waals surface area contributed by atoms with Crippen molar-refractivity contribution >= 4 is 17.7 Å². The summed E-state index contributed by atoms with van der Waals surface area (Å²) in [5, 5.41) is 9.61. The van der Waals surface area contributed by atoms with Crippen LogP contribution in [0, 0.1) is 0 Å². The lowest BCUT2D eigenvalue weighted by Gasteiger charge is -2.37. The van der Waals surface area contributed by atoms with Gasteiger partial charge in [-0.15, -0.1) is 0 Å². The molecule has 0 radical (unpaired) electrons. The fourth-order valence-corrected chi connectivity index (χ4v) is 3.37. The highest BCUT2D eigenvalue weighted by Gasteiger charge is 2.33. The average molecular weight is 284 g/mol. The maximum Gasteiger partial charge on any atom is 0.313 e. The van der Waals surface area contributed by atoms with Gasteiger partial charge in [0.15, 0.2) is 5.16 Å². The Morgan fingerprint density at radius 2 is 2.47 bits per heavy atom. The van der Waals surface area contributed by atoms with Gasteiger partial charge in [0.25, 0.3) is 0 Å². The van der Waals surface area contributed by atoms with E-state index in [-0.39, 0.29) is 11.3 Å². The minimum Gasteiger partial charge on any atom is -0.481 e. The fourth-order valence-electron chi connectivity index (χ4n) is 2.52. The molecule has 1 N–H and O–H groups in total. The third-order valence-corrected chi connectivity index (χ3v) is 4.38. The molecule has 0 saturated carbocycles. The molecule has 19 heavy (non-hydrogen) atoms. The van der Waals surface area contributed by atoms with E-state index in [9.17, 15) is 4.79 Å². The largest absolute Gasteiger partial charge is 0.481 e. The smallest absolute Gasteiger partial charge is 0.313 e. The topological polar surface area (TPSA) is 64.3 Å². The van der Waals surface area contributed by atoms with Gasteiger partial charge in [0.2, 0.25) is 0 Å². The zero-order valence-electron chi connectivity index (χ0n) is 11.4. The number of thioether (sulfide) groups is 1. The van der Waals surface area contributed by atoms with Crippen molar-refractivity contribution in [2.24, 2.45) is 0 Å². The van der Waals surface area contributed by atoms with Gasteiger partial charge in [0, 0.05) is 18.5 Å². The molecule has 2 heterocycles. The summed E-state index contributed by atoms with van der Waals surface area (Å²) in [7, 11) is 0. The Bertz CT molecular complexity index is 453. The maximum absolute atomic E-state index is 10.7. The Morgan fingerprint density at radius 1 is 1.68 bits per heavy atom. The van der Waals surface area contributed by atoms with E-state index >= 15 is 0 Å². The summed E-state index contributed by atoms with van der Waals surface area (Å²) in [5.74, 6) is -0.778. The Labute approximate surface area is 117 Å². The number of rotatable bonds is 5. The number of imidazole rings is 1. The van der Waals surface area contributed by atoms with Crippen molar-refractivity contribution in [3.63, 3.8) is 0 Å². The van der Waals surface area contributed by atoms with E-state index in [1.54, 1.807) is 0 Å². The van der Waals surface area contributed by atoms with Crippen LogP contribution in [0.1, 0.15) is 32.4 Å².